The number of nitrogens with zero attached hydrogens (tertiary/aromatic N) is 5. The molecule has 3 amide bonds. The van der Waals surface area contributed by atoms with Crippen molar-refractivity contribution in [3.05, 3.63) is 82.4 Å². The second kappa shape index (κ2) is 10.8. The second-order valence-corrected chi connectivity index (χ2v) is 11.3. The first-order chi connectivity index (χ1) is 19.8. The molecule has 1 spiro atoms. The van der Waals surface area contributed by atoms with Crippen molar-refractivity contribution < 1.29 is 23.2 Å². The van der Waals surface area contributed by atoms with E-state index in [9.17, 15) is 23.2 Å². The van der Waals surface area contributed by atoms with Crippen LogP contribution >= 0.6 is 11.6 Å². The average molecular weight is 581 g/mol. The number of aromatic nitrogens is 3. The molecule has 0 radical (unpaired) electrons. The minimum absolute atomic E-state index is 0.00898. The Hall–Kier alpha value is -3.99. The van der Waals surface area contributed by atoms with E-state index in [1.54, 1.807) is 17.0 Å². The first-order valence-electron chi connectivity index (χ1n) is 13.5. The Labute approximate surface area is 239 Å². The van der Waals surface area contributed by atoms with Crippen LogP contribution in [0.15, 0.2) is 54.9 Å². The van der Waals surface area contributed by atoms with E-state index in [-0.39, 0.29) is 53.1 Å². The van der Waals surface area contributed by atoms with E-state index in [1.165, 1.54) is 12.3 Å². The topological polar surface area (TPSA) is 108 Å². The molecule has 2 fully saturated rings. The van der Waals surface area contributed by atoms with Crippen LogP contribution in [0.4, 0.5) is 14.5 Å². The van der Waals surface area contributed by atoms with Crippen molar-refractivity contribution in [2.75, 3.05) is 24.5 Å². The molecule has 4 heterocycles. The lowest BCUT2D eigenvalue weighted by Gasteiger charge is -2.46. The SMILES string of the molecule is O=C(N[C@H]1CC[C@H](CN2C(=O)C3(CN(C(=O)c4cccnn4)C3)c3ccccc32)CC1)c1cc(Cl)cnc1C(F)F. The van der Waals surface area contributed by atoms with Crippen LogP contribution < -0.4 is 10.2 Å². The lowest BCUT2D eigenvalue weighted by atomic mass is 9.74. The first-order valence-corrected chi connectivity index (χ1v) is 13.9. The van der Waals surface area contributed by atoms with E-state index in [0.717, 1.165) is 30.3 Å². The first kappa shape index (κ1) is 27.2. The molecule has 0 atom stereocenters. The number of nitrogens with one attached hydrogen (secondary N) is 1. The quantitative estimate of drug-likeness (QED) is 0.468. The summed E-state index contributed by atoms with van der Waals surface area (Å²) in [7, 11) is 0. The zero-order valence-electron chi connectivity index (χ0n) is 22.0. The van der Waals surface area contributed by atoms with E-state index < -0.39 is 23.4 Å². The third-order valence-corrected chi connectivity index (χ3v) is 8.53. The van der Waals surface area contributed by atoms with E-state index in [4.69, 9.17) is 11.6 Å². The molecule has 1 N–H and O–H groups in total. The van der Waals surface area contributed by atoms with Crippen LogP contribution in [-0.2, 0) is 10.2 Å². The number of carbonyl (C=O) groups is 3. The molecule has 0 bridgehead atoms. The minimum Gasteiger partial charge on any atom is -0.349 e. The van der Waals surface area contributed by atoms with Gasteiger partial charge in [-0.1, -0.05) is 29.8 Å². The largest absolute Gasteiger partial charge is 0.349 e. The van der Waals surface area contributed by atoms with Crippen LogP contribution in [0.3, 0.4) is 0 Å². The number of rotatable bonds is 6. The number of anilines is 1. The number of hydrogen-bond acceptors (Lipinski definition) is 6. The summed E-state index contributed by atoms with van der Waals surface area (Å²) in [5, 5.41) is 10.7. The molecule has 1 aliphatic carbocycles. The van der Waals surface area contributed by atoms with Crippen molar-refractivity contribution in [1.29, 1.82) is 0 Å². The number of benzene rings is 1. The third-order valence-electron chi connectivity index (χ3n) is 8.32. The molecule has 9 nitrogen and oxygen atoms in total. The minimum atomic E-state index is -2.89. The summed E-state index contributed by atoms with van der Waals surface area (Å²) in [4.78, 5) is 46.6. The average Bonchev–Trinajstić information content (AvgIpc) is 3.20. The van der Waals surface area contributed by atoms with Crippen LogP contribution in [0.1, 0.15) is 64.2 Å². The summed E-state index contributed by atoms with van der Waals surface area (Å²) in [6, 6.07) is 12.0. The van der Waals surface area contributed by atoms with Gasteiger partial charge in [0.05, 0.1) is 10.6 Å². The van der Waals surface area contributed by atoms with Gasteiger partial charge in [-0.05, 0) is 61.4 Å². The van der Waals surface area contributed by atoms with Gasteiger partial charge in [0.15, 0.2) is 5.69 Å². The maximum atomic E-state index is 13.9. The normalized spacial score (nSPS) is 21.1. The van der Waals surface area contributed by atoms with Crippen LogP contribution in [-0.4, -0.2) is 63.5 Å². The molecule has 1 saturated carbocycles. The number of likely N-dealkylation sites (tertiary alicyclic amines) is 1. The molecule has 12 heteroatoms. The molecule has 2 aromatic heterocycles. The molecule has 1 aromatic carbocycles. The lowest BCUT2D eigenvalue weighted by Crippen LogP contribution is -2.65. The number of carbonyl (C=O) groups excluding carboxylic acids is 3. The molecule has 41 heavy (non-hydrogen) atoms. The lowest BCUT2D eigenvalue weighted by molar-refractivity contribution is -0.128. The number of para-hydroxylation sites is 1. The van der Waals surface area contributed by atoms with Crippen LogP contribution in [0.25, 0.3) is 0 Å². The number of halogens is 3. The number of hydrogen-bond donors (Lipinski definition) is 1. The Morgan fingerprint density at radius 1 is 1.10 bits per heavy atom. The van der Waals surface area contributed by atoms with Crippen LogP contribution in [0.2, 0.25) is 5.02 Å². The van der Waals surface area contributed by atoms with Gasteiger partial charge < -0.3 is 15.1 Å². The highest BCUT2D eigenvalue weighted by Crippen LogP contribution is 2.48. The van der Waals surface area contributed by atoms with Crippen molar-refractivity contribution >= 4 is 35.0 Å². The zero-order chi connectivity index (χ0) is 28.7. The van der Waals surface area contributed by atoms with Crippen molar-refractivity contribution in [2.45, 2.75) is 43.6 Å². The van der Waals surface area contributed by atoms with Crippen molar-refractivity contribution in [3.63, 3.8) is 0 Å². The van der Waals surface area contributed by atoms with E-state index in [2.05, 4.69) is 20.5 Å². The van der Waals surface area contributed by atoms with Gasteiger partial charge >= 0.3 is 0 Å². The van der Waals surface area contributed by atoms with Gasteiger partial charge in [0.2, 0.25) is 5.91 Å². The fraction of sp³-hybridized carbons (Fsp3) is 0.379. The van der Waals surface area contributed by atoms with Crippen molar-refractivity contribution in [1.82, 2.24) is 25.4 Å². The maximum Gasteiger partial charge on any atom is 0.281 e. The van der Waals surface area contributed by atoms with Crippen molar-refractivity contribution in [2.24, 2.45) is 5.92 Å². The standard InChI is InChI=1S/C29H27ClF2N6O3/c30-18-12-20(24(25(31)32)33-13-18)26(39)35-19-9-7-17(8-10-19)14-38-23-6-2-1-4-21(23)29(28(38)41)15-37(16-29)27(40)22-5-3-11-34-36-22/h1-6,11-13,17,19,25H,7-10,14-16H2,(H,35,39)/t17-,19-. The number of pyridine rings is 1. The third kappa shape index (κ3) is 4.92. The van der Waals surface area contributed by atoms with Crippen molar-refractivity contribution in [3.8, 4) is 0 Å². The zero-order valence-corrected chi connectivity index (χ0v) is 22.7. The summed E-state index contributed by atoms with van der Waals surface area (Å²) < 4.78 is 26.7. The Morgan fingerprint density at radius 2 is 1.85 bits per heavy atom. The molecule has 212 valence electrons. The van der Waals surface area contributed by atoms with Gasteiger partial charge in [-0.15, -0.1) is 5.10 Å². The molecule has 0 unspecified atom stereocenters. The highest BCUT2D eigenvalue weighted by Gasteiger charge is 2.59. The van der Waals surface area contributed by atoms with Crippen LogP contribution in [0.5, 0.6) is 0 Å². The molecule has 3 aromatic rings. The van der Waals surface area contributed by atoms with Gasteiger partial charge in [0.25, 0.3) is 18.2 Å². The number of amides is 3. The molecule has 3 aliphatic rings. The number of alkyl halides is 2. The molecule has 6 rings (SSSR count). The predicted octanol–water partition coefficient (Wildman–Crippen LogP) is 4.19. The predicted molar refractivity (Wildman–Crippen MR) is 146 cm³/mol. The second-order valence-electron chi connectivity index (χ2n) is 10.9. The summed E-state index contributed by atoms with van der Waals surface area (Å²) >= 11 is 5.90. The maximum absolute atomic E-state index is 13.9. The van der Waals surface area contributed by atoms with Gasteiger partial charge in [-0.2, -0.15) is 5.10 Å². The van der Waals surface area contributed by atoms with E-state index in [1.807, 2.05) is 29.2 Å². The van der Waals surface area contributed by atoms with Gasteiger partial charge in [-0.25, -0.2) is 8.78 Å². The smallest absolute Gasteiger partial charge is 0.281 e. The summed E-state index contributed by atoms with van der Waals surface area (Å²) in [6.07, 6.45) is 2.55. The molecular weight excluding hydrogens is 554 g/mol. The fourth-order valence-electron chi connectivity index (χ4n) is 6.23. The summed E-state index contributed by atoms with van der Waals surface area (Å²) in [5.74, 6) is -0.667. The number of fused-ring (bicyclic) bond motifs is 2. The van der Waals surface area contributed by atoms with Gasteiger partial charge in [-0.3, -0.25) is 19.4 Å². The fourth-order valence-corrected chi connectivity index (χ4v) is 6.38. The van der Waals surface area contributed by atoms with Gasteiger partial charge in [0.1, 0.15) is 11.1 Å². The monoisotopic (exact) mass is 580 g/mol. The molecular formula is C29H27ClF2N6O3. The summed E-state index contributed by atoms with van der Waals surface area (Å²) in [6.45, 7) is 1.10. The Kier molecular flexibility index (Phi) is 7.14. The van der Waals surface area contributed by atoms with Crippen LogP contribution in [0, 0.1) is 5.92 Å². The van der Waals surface area contributed by atoms with E-state index >= 15 is 0 Å². The molecule has 2 aliphatic heterocycles. The summed E-state index contributed by atoms with van der Waals surface area (Å²) in [5.41, 5.74) is 0.471. The Morgan fingerprint density at radius 3 is 2.56 bits per heavy atom. The Bertz CT molecular complexity index is 1490. The highest BCUT2D eigenvalue weighted by atomic mass is 35.5. The highest BCUT2D eigenvalue weighted by molar-refractivity contribution is 6.30. The van der Waals surface area contributed by atoms with Gasteiger partial charge in [0, 0.05) is 43.8 Å². The van der Waals surface area contributed by atoms with E-state index in [0.29, 0.717) is 19.4 Å². The Balaban J connectivity index is 1.09. The molecule has 1 saturated heterocycles.